The fraction of sp³-hybridized carbons (Fsp3) is 0.130. The van der Waals surface area contributed by atoms with Crippen LogP contribution >= 0.6 is 11.8 Å². The van der Waals surface area contributed by atoms with Gasteiger partial charge in [-0.15, -0.1) is 11.8 Å². The van der Waals surface area contributed by atoms with Crippen LogP contribution < -0.4 is 9.80 Å². The Labute approximate surface area is 176 Å². The number of nitrogens with zero attached hydrogens (tertiary/aromatic N) is 2. The highest BCUT2D eigenvalue weighted by Gasteiger charge is 2.60. The molecule has 0 N–H and O–H groups in total. The number of hydrogen-bond donors (Lipinski definition) is 0. The van der Waals surface area contributed by atoms with E-state index < -0.39 is 10.7 Å². The van der Waals surface area contributed by atoms with E-state index in [0.717, 1.165) is 0 Å². The first-order chi connectivity index (χ1) is 14.5. The largest absolute Gasteiger partial charge is 0.304 e. The number of anilines is 2. The molecular weight excluding hydrogens is 406 g/mol. The predicted molar refractivity (Wildman–Crippen MR) is 112 cm³/mol. The minimum atomic E-state index is -1.31. The van der Waals surface area contributed by atoms with E-state index in [1.165, 1.54) is 47.0 Å². The van der Waals surface area contributed by atoms with Gasteiger partial charge in [-0.2, -0.15) is 0 Å². The van der Waals surface area contributed by atoms with Crippen LogP contribution in [0.4, 0.5) is 20.2 Å². The van der Waals surface area contributed by atoms with Gasteiger partial charge in [0.25, 0.3) is 5.91 Å². The summed E-state index contributed by atoms with van der Waals surface area (Å²) in [6.45, 7) is 0.168. The summed E-state index contributed by atoms with van der Waals surface area (Å²) in [5, 5.41) is 0. The van der Waals surface area contributed by atoms with Crippen molar-refractivity contribution in [1.82, 2.24) is 0 Å². The number of fused-ring (bicyclic) bond motifs is 2. The molecule has 5 rings (SSSR count). The quantitative estimate of drug-likeness (QED) is 0.627. The molecule has 0 aliphatic carbocycles. The minimum absolute atomic E-state index is 0.102. The first-order valence-corrected chi connectivity index (χ1v) is 10.4. The highest BCUT2D eigenvalue weighted by atomic mass is 32.2. The van der Waals surface area contributed by atoms with Gasteiger partial charge in [-0.1, -0.05) is 36.4 Å². The zero-order chi connectivity index (χ0) is 20.9. The van der Waals surface area contributed by atoms with Crippen molar-refractivity contribution in [3.63, 3.8) is 0 Å². The fourth-order valence-corrected chi connectivity index (χ4v) is 5.51. The molecule has 2 heterocycles. The van der Waals surface area contributed by atoms with Gasteiger partial charge < -0.3 is 4.90 Å². The number of thioether (sulfide) groups is 1. The number of carbonyl (C=O) groups is 2. The molecule has 3 aromatic carbocycles. The molecule has 3 aromatic rings. The molecule has 4 nitrogen and oxygen atoms in total. The van der Waals surface area contributed by atoms with Gasteiger partial charge in [0, 0.05) is 11.3 Å². The number of halogens is 2. The zero-order valence-corrected chi connectivity index (χ0v) is 16.5. The molecule has 0 saturated carbocycles. The standard InChI is InChI=1S/C23H16F2N2O2S/c24-16-6-3-5-15(11-16)13-26-20-10-2-1-9-19(20)23(22(26)29)27(21(28)14-30-23)18-8-4-7-17(25)12-18/h1-12H,13-14H2/t23-/m0/s1. The molecule has 1 spiro atoms. The van der Waals surface area contributed by atoms with Gasteiger partial charge in [0.05, 0.1) is 18.0 Å². The Morgan fingerprint density at radius 2 is 1.63 bits per heavy atom. The maximum atomic E-state index is 13.9. The molecule has 30 heavy (non-hydrogen) atoms. The minimum Gasteiger partial charge on any atom is -0.304 e. The molecule has 1 fully saturated rings. The smallest absolute Gasteiger partial charge is 0.269 e. The summed E-state index contributed by atoms with van der Waals surface area (Å²) >= 11 is 1.23. The summed E-state index contributed by atoms with van der Waals surface area (Å²) in [6.07, 6.45) is 0. The van der Waals surface area contributed by atoms with Crippen LogP contribution in [-0.4, -0.2) is 17.6 Å². The zero-order valence-electron chi connectivity index (χ0n) is 15.7. The molecule has 150 valence electrons. The lowest BCUT2D eigenvalue weighted by Gasteiger charge is -2.33. The van der Waals surface area contributed by atoms with Crippen molar-refractivity contribution in [2.45, 2.75) is 11.4 Å². The highest BCUT2D eigenvalue weighted by molar-refractivity contribution is 8.02. The number of para-hydroxylation sites is 1. The summed E-state index contributed by atoms with van der Waals surface area (Å²) < 4.78 is 27.6. The third kappa shape index (κ3) is 2.73. The van der Waals surface area contributed by atoms with Crippen LogP contribution in [0.5, 0.6) is 0 Å². The Kier molecular flexibility index (Phi) is 4.36. The van der Waals surface area contributed by atoms with E-state index >= 15 is 0 Å². The van der Waals surface area contributed by atoms with Crippen LogP contribution in [0.1, 0.15) is 11.1 Å². The second-order valence-corrected chi connectivity index (χ2v) is 8.35. The normalized spacial score (nSPS) is 20.3. The maximum Gasteiger partial charge on any atom is 0.269 e. The molecular formula is C23H16F2N2O2S. The SMILES string of the molecule is O=C1CS[C@@]2(C(=O)N(Cc3cccc(F)c3)c3ccccc32)N1c1cccc(F)c1. The first kappa shape index (κ1) is 18.8. The second-order valence-electron chi connectivity index (χ2n) is 7.18. The first-order valence-electron chi connectivity index (χ1n) is 9.39. The fourth-order valence-electron chi connectivity index (χ4n) is 4.15. The van der Waals surface area contributed by atoms with Gasteiger partial charge in [0.1, 0.15) is 11.6 Å². The monoisotopic (exact) mass is 422 g/mol. The Morgan fingerprint density at radius 1 is 0.900 bits per heavy atom. The van der Waals surface area contributed by atoms with Gasteiger partial charge in [-0.25, -0.2) is 8.78 Å². The molecule has 2 aliphatic heterocycles. The van der Waals surface area contributed by atoms with Gasteiger partial charge in [-0.3, -0.25) is 14.5 Å². The second kappa shape index (κ2) is 6.95. The third-order valence-corrected chi connectivity index (χ3v) is 6.75. The van der Waals surface area contributed by atoms with E-state index in [2.05, 4.69) is 0 Å². The van der Waals surface area contributed by atoms with E-state index in [9.17, 15) is 18.4 Å². The van der Waals surface area contributed by atoms with Gasteiger partial charge in [0.15, 0.2) is 0 Å². The average molecular weight is 422 g/mol. The Bertz CT molecular complexity index is 1190. The Balaban J connectivity index is 1.65. The molecule has 2 amide bonds. The van der Waals surface area contributed by atoms with Crippen molar-refractivity contribution in [2.24, 2.45) is 0 Å². The molecule has 0 aromatic heterocycles. The summed E-state index contributed by atoms with van der Waals surface area (Å²) in [5.41, 5.74) is 2.31. The molecule has 0 bridgehead atoms. The summed E-state index contributed by atoms with van der Waals surface area (Å²) in [5.74, 6) is -1.32. The van der Waals surface area contributed by atoms with Crippen molar-refractivity contribution in [3.05, 3.63) is 95.6 Å². The van der Waals surface area contributed by atoms with Crippen LogP contribution in [0.25, 0.3) is 0 Å². The predicted octanol–water partition coefficient (Wildman–Crippen LogP) is 4.44. The topological polar surface area (TPSA) is 40.6 Å². The molecule has 7 heteroatoms. The van der Waals surface area contributed by atoms with E-state index in [1.54, 1.807) is 23.1 Å². The van der Waals surface area contributed by atoms with Crippen LogP contribution in [-0.2, 0) is 21.0 Å². The van der Waals surface area contributed by atoms with Crippen molar-refractivity contribution in [3.8, 4) is 0 Å². The third-order valence-electron chi connectivity index (χ3n) is 5.36. The lowest BCUT2D eigenvalue weighted by atomic mass is 10.0. The molecule has 1 saturated heterocycles. The summed E-state index contributed by atoms with van der Waals surface area (Å²) in [6, 6.07) is 19.0. The lowest BCUT2D eigenvalue weighted by molar-refractivity contribution is -0.123. The highest BCUT2D eigenvalue weighted by Crippen LogP contribution is 2.55. The summed E-state index contributed by atoms with van der Waals surface area (Å²) in [4.78, 5) is 28.3. The average Bonchev–Trinajstić information content (AvgIpc) is 3.19. The van der Waals surface area contributed by atoms with E-state index in [0.29, 0.717) is 22.5 Å². The van der Waals surface area contributed by atoms with Gasteiger partial charge >= 0.3 is 0 Å². The molecule has 1 atom stereocenters. The number of benzene rings is 3. The molecule has 0 radical (unpaired) electrons. The van der Waals surface area contributed by atoms with E-state index in [-0.39, 0.29) is 29.9 Å². The van der Waals surface area contributed by atoms with Crippen molar-refractivity contribution >= 4 is 35.0 Å². The molecule has 0 unspecified atom stereocenters. The lowest BCUT2D eigenvalue weighted by Crippen LogP contribution is -2.49. The van der Waals surface area contributed by atoms with Crippen LogP contribution in [0.15, 0.2) is 72.8 Å². The number of hydrogen-bond acceptors (Lipinski definition) is 3. The van der Waals surface area contributed by atoms with E-state index in [4.69, 9.17) is 0 Å². The molecule has 2 aliphatic rings. The van der Waals surface area contributed by atoms with Crippen molar-refractivity contribution in [2.75, 3.05) is 15.6 Å². The number of rotatable bonds is 3. The maximum absolute atomic E-state index is 13.9. The van der Waals surface area contributed by atoms with Crippen LogP contribution in [0.3, 0.4) is 0 Å². The van der Waals surface area contributed by atoms with Crippen LogP contribution in [0.2, 0.25) is 0 Å². The Morgan fingerprint density at radius 3 is 2.40 bits per heavy atom. The van der Waals surface area contributed by atoms with Crippen LogP contribution in [0, 0.1) is 11.6 Å². The van der Waals surface area contributed by atoms with Crippen molar-refractivity contribution < 1.29 is 18.4 Å². The van der Waals surface area contributed by atoms with E-state index in [1.807, 2.05) is 24.3 Å². The van der Waals surface area contributed by atoms with Gasteiger partial charge in [0.2, 0.25) is 10.8 Å². The summed E-state index contributed by atoms with van der Waals surface area (Å²) in [7, 11) is 0. The Hall–Kier alpha value is -3.19. The number of amides is 2. The van der Waals surface area contributed by atoms with Crippen molar-refractivity contribution in [1.29, 1.82) is 0 Å². The van der Waals surface area contributed by atoms with Gasteiger partial charge in [-0.05, 0) is 42.0 Å². The number of carbonyl (C=O) groups excluding carboxylic acids is 2.